The second-order valence-corrected chi connectivity index (χ2v) is 4.60. The Morgan fingerprint density at radius 1 is 1.44 bits per heavy atom. The Balaban J connectivity index is 1.89. The van der Waals surface area contributed by atoms with Crippen molar-refractivity contribution in [2.75, 3.05) is 6.54 Å². The average molecular weight is 246 g/mol. The molecule has 5 heteroatoms. The van der Waals surface area contributed by atoms with Crippen molar-refractivity contribution in [3.05, 3.63) is 48.0 Å². The Kier molecular flexibility index (Phi) is 3.74. The second-order valence-electron chi connectivity index (χ2n) is 4.60. The molecule has 0 saturated heterocycles. The predicted octanol–water partition coefficient (Wildman–Crippen LogP) is 0.812. The Labute approximate surface area is 106 Å². The van der Waals surface area contributed by atoms with E-state index in [0.29, 0.717) is 13.1 Å². The molecular formula is C13H18N4O. The van der Waals surface area contributed by atoms with Gasteiger partial charge in [0, 0.05) is 38.1 Å². The number of nitrogens with zero attached hydrogens (tertiary/aromatic N) is 3. The molecule has 0 amide bonds. The molecule has 18 heavy (non-hydrogen) atoms. The molecule has 0 aromatic carbocycles. The lowest BCUT2D eigenvalue weighted by molar-refractivity contribution is 0.0565. The van der Waals surface area contributed by atoms with Crippen LogP contribution in [0.15, 0.2) is 36.8 Å². The van der Waals surface area contributed by atoms with E-state index in [0.717, 1.165) is 11.3 Å². The van der Waals surface area contributed by atoms with Crippen molar-refractivity contribution in [3.8, 4) is 0 Å². The molecule has 0 aliphatic rings. The first-order valence-electron chi connectivity index (χ1n) is 5.90. The summed E-state index contributed by atoms with van der Waals surface area (Å²) < 4.78 is 1.68. The maximum atomic E-state index is 10.3. The third-order valence-corrected chi connectivity index (χ3v) is 2.83. The third kappa shape index (κ3) is 3.15. The molecule has 0 aliphatic carbocycles. The van der Waals surface area contributed by atoms with Crippen LogP contribution in [0.25, 0.3) is 0 Å². The quantitative estimate of drug-likeness (QED) is 0.819. The van der Waals surface area contributed by atoms with E-state index in [1.807, 2.05) is 31.4 Å². The molecule has 2 aromatic heterocycles. The highest BCUT2D eigenvalue weighted by Crippen LogP contribution is 2.18. The molecule has 2 N–H and O–H groups in total. The molecule has 0 radical (unpaired) electrons. The molecule has 0 fully saturated rings. The lowest BCUT2D eigenvalue weighted by Crippen LogP contribution is -2.35. The van der Waals surface area contributed by atoms with Crippen LogP contribution < -0.4 is 5.32 Å². The monoisotopic (exact) mass is 246 g/mol. The van der Waals surface area contributed by atoms with Gasteiger partial charge in [-0.05, 0) is 19.1 Å². The van der Waals surface area contributed by atoms with E-state index in [-0.39, 0.29) is 0 Å². The minimum absolute atomic E-state index is 0.454. The molecule has 5 nitrogen and oxygen atoms in total. The molecule has 0 saturated carbocycles. The smallest absolute Gasteiger partial charge is 0.102 e. The summed E-state index contributed by atoms with van der Waals surface area (Å²) in [6, 6.07) is 5.78. The molecule has 0 bridgehead atoms. The zero-order valence-electron chi connectivity index (χ0n) is 10.7. The highest BCUT2D eigenvalue weighted by atomic mass is 16.3. The largest absolute Gasteiger partial charge is 0.384 e. The van der Waals surface area contributed by atoms with E-state index in [1.54, 1.807) is 24.0 Å². The van der Waals surface area contributed by atoms with E-state index in [1.165, 1.54) is 0 Å². The zero-order chi connectivity index (χ0) is 13.0. The van der Waals surface area contributed by atoms with Crippen molar-refractivity contribution in [1.82, 2.24) is 20.1 Å². The minimum atomic E-state index is -0.928. The molecule has 0 spiro atoms. The van der Waals surface area contributed by atoms with Gasteiger partial charge in [0.15, 0.2) is 0 Å². The van der Waals surface area contributed by atoms with Crippen molar-refractivity contribution in [2.45, 2.75) is 19.1 Å². The van der Waals surface area contributed by atoms with Crippen molar-refractivity contribution < 1.29 is 5.11 Å². The summed E-state index contributed by atoms with van der Waals surface area (Å²) in [6.07, 6.45) is 5.27. The van der Waals surface area contributed by atoms with E-state index in [2.05, 4.69) is 15.4 Å². The topological polar surface area (TPSA) is 63.0 Å². The molecule has 96 valence electrons. The van der Waals surface area contributed by atoms with Crippen LogP contribution in [0.5, 0.6) is 0 Å². The fourth-order valence-corrected chi connectivity index (χ4v) is 1.74. The molecule has 2 heterocycles. The SMILES string of the molecule is Cn1cc(C(C)(O)CNCc2ccccn2)cn1. The van der Waals surface area contributed by atoms with Gasteiger partial charge in [-0.25, -0.2) is 0 Å². The van der Waals surface area contributed by atoms with E-state index < -0.39 is 5.60 Å². The van der Waals surface area contributed by atoms with Gasteiger partial charge in [0.25, 0.3) is 0 Å². The van der Waals surface area contributed by atoms with Crippen molar-refractivity contribution in [2.24, 2.45) is 7.05 Å². The van der Waals surface area contributed by atoms with Gasteiger partial charge in [-0.15, -0.1) is 0 Å². The Morgan fingerprint density at radius 2 is 2.28 bits per heavy atom. The maximum Gasteiger partial charge on any atom is 0.102 e. The van der Waals surface area contributed by atoms with Crippen LogP contribution in [0.4, 0.5) is 0 Å². The number of nitrogens with one attached hydrogen (secondary N) is 1. The minimum Gasteiger partial charge on any atom is -0.384 e. The van der Waals surface area contributed by atoms with Crippen LogP contribution in [0.2, 0.25) is 0 Å². The fourth-order valence-electron chi connectivity index (χ4n) is 1.74. The highest BCUT2D eigenvalue weighted by molar-refractivity contribution is 5.14. The molecule has 1 unspecified atom stereocenters. The van der Waals surface area contributed by atoms with Gasteiger partial charge in [-0.1, -0.05) is 6.07 Å². The van der Waals surface area contributed by atoms with E-state index >= 15 is 0 Å². The van der Waals surface area contributed by atoms with Gasteiger partial charge in [0.1, 0.15) is 5.60 Å². The normalized spacial score (nSPS) is 14.4. The predicted molar refractivity (Wildman–Crippen MR) is 68.7 cm³/mol. The number of aryl methyl sites for hydroxylation is 1. The summed E-state index contributed by atoms with van der Waals surface area (Å²) in [5.41, 5.74) is 0.835. The Bertz CT molecular complexity index is 493. The molecule has 2 aromatic rings. The van der Waals surface area contributed by atoms with Crippen LogP contribution in [0.1, 0.15) is 18.2 Å². The van der Waals surface area contributed by atoms with Crippen molar-refractivity contribution >= 4 is 0 Å². The van der Waals surface area contributed by atoms with Crippen LogP contribution in [-0.2, 0) is 19.2 Å². The van der Waals surface area contributed by atoms with Gasteiger partial charge >= 0.3 is 0 Å². The Morgan fingerprint density at radius 3 is 2.89 bits per heavy atom. The number of pyridine rings is 1. The number of hydrogen-bond donors (Lipinski definition) is 2. The van der Waals surface area contributed by atoms with Crippen molar-refractivity contribution in [1.29, 1.82) is 0 Å². The maximum absolute atomic E-state index is 10.3. The summed E-state index contributed by atoms with van der Waals surface area (Å²) >= 11 is 0. The van der Waals surface area contributed by atoms with E-state index in [9.17, 15) is 5.11 Å². The molecule has 1 atom stereocenters. The first-order chi connectivity index (χ1) is 8.58. The average Bonchev–Trinajstić information content (AvgIpc) is 2.78. The summed E-state index contributed by atoms with van der Waals surface area (Å²) in [7, 11) is 1.83. The summed E-state index contributed by atoms with van der Waals surface area (Å²) in [6.45, 7) is 2.86. The first-order valence-corrected chi connectivity index (χ1v) is 5.90. The Hall–Kier alpha value is -1.72. The number of hydrogen-bond acceptors (Lipinski definition) is 4. The summed E-state index contributed by atoms with van der Waals surface area (Å²) in [4.78, 5) is 4.21. The van der Waals surface area contributed by atoms with Crippen molar-refractivity contribution in [3.63, 3.8) is 0 Å². The summed E-state index contributed by atoms with van der Waals surface area (Å²) in [5.74, 6) is 0. The van der Waals surface area contributed by atoms with Crippen LogP contribution in [0, 0.1) is 0 Å². The van der Waals surface area contributed by atoms with Gasteiger partial charge in [-0.2, -0.15) is 5.10 Å². The standard InChI is InChI=1S/C13H18N4O/c1-13(18,11-7-16-17(2)9-11)10-14-8-12-5-3-4-6-15-12/h3-7,9,14,18H,8,10H2,1-2H3. The number of rotatable bonds is 5. The second kappa shape index (κ2) is 5.29. The lowest BCUT2D eigenvalue weighted by Gasteiger charge is -2.22. The zero-order valence-corrected chi connectivity index (χ0v) is 10.7. The lowest BCUT2D eigenvalue weighted by atomic mass is 10.00. The molecular weight excluding hydrogens is 228 g/mol. The fraction of sp³-hybridized carbons (Fsp3) is 0.385. The van der Waals surface area contributed by atoms with Gasteiger partial charge in [0.2, 0.25) is 0 Å². The van der Waals surface area contributed by atoms with Crippen LogP contribution >= 0.6 is 0 Å². The number of aliphatic hydroxyl groups is 1. The van der Waals surface area contributed by atoms with Gasteiger partial charge in [-0.3, -0.25) is 9.67 Å². The molecule has 0 aliphatic heterocycles. The third-order valence-electron chi connectivity index (χ3n) is 2.83. The van der Waals surface area contributed by atoms with Gasteiger partial charge < -0.3 is 10.4 Å². The van der Waals surface area contributed by atoms with Gasteiger partial charge in [0.05, 0.1) is 11.9 Å². The highest BCUT2D eigenvalue weighted by Gasteiger charge is 2.24. The number of aromatic nitrogens is 3. The summed E-state index contributed by atoms with van der Waals surface area (Å²) in [5, 5.41) is 17.6. The van der Waals surface area contributed by atoms with Crippen LogP contribution in [0.3, 0.4) is 0 Å². The van der Waals surface area contributed by atoms with E-state index in [4.69, 9.17) is 0 Å². The first kappa shape index (κ1) is 12.7. The molecule has 2 rings (SSSR count). The van der Waals surface area contributed by atoms with Crippen LogP contribution in [-0.4, -0.2) is 26.4 Å².